The number of aryl methyl sites for hydroxylation is 1. The number of aliphatic hydroxyl groups excluding tert-OH is 1. The molecule has 0 aliphatic carbocycles. The molecular formula is C29H40FN3O2. The fraction of sp³-hybridized carbons (Fsp3) is 0.517. The first-order valence-corrected chi connectivity index (χ1v) is 12.7. The van der Waals surface area contributed by atoms with Crippen LogP contribution in [0.2, 0.25) is 0 Å². The fourth-order valence-corrected chi connectivity index (χ4v) is 4.69. The summed E-state index contributed by atoms with van der Waals surface area (Å²) in [5.74, 6) is -0.510. The third-order valence-electron chi connectivity index (χ3n) is 7.12. The van der Waals surface area contributed by atoms with Crippen LogP contribution < -0.4 is 10.3 Å². The summed E-state index contributed by atoms with van der Waals surface area (Å²) in [6, 6.07) is 14.4. The number of halogens is 1. The number of carbonyl (C=O) groups is 1. The van der Waals surface area contributed by atoms with Crippen LogP contribution in [0.25, 0.3) is 0 Å². The number of unbranched alkanes of at least 4 members (excludes halogenated alkanes) is 1. The van der Waals surface area contributed by atoms with E-state index in [4.69, 9.17) is 5.10 Å². The molecule has 0 fully saturated rings. The number of anilines is 1. The molecule has 0 aromatic heterocycles. The number of nitrogens with zero attached hydrogens (tertiary/aromatic N) is 2. The van der Waals surface area contributed by atoms with Gasteiger partial charge in [-0.15, -0.1) is 0 Å². The van der Waals surface area contributed by atoms with Crippen molar-refractivity contribution in [1.29, 1.82) is 0 Å². The van der Waals surface area contributed by atoms with Crippen molar-refractivity contribution >= 4 is 17.3 Å². The van der Waals surface area contributed by atoms with Gasteiger partial charge in [0.15, 0.2) is 0 Å². The van der Waals surface area contributed by atoms with Gasteiger partial charge in [0.2, 0.25) is 5.91 Å². The van der Waals surface area contributed by atoms with Crippen LogP contribution in [0, 0.1) is 24.1 Å². The summed E-state index contributed by atoms with van der Waals surface area (Å²) in [6.45, 7) is 10.8. The molecule has 1 heterocycles. The highest BCUT2D eigenvalue weighted by Crippen LogP contribution is 2.42. The number of hydrogen-bond acceptors (Lipinski definition) is 4. The maximum Gasteiger partial charge on any atom is 0.248 e. The van der Waals surface area contributed by atoms with E-state index in [1.165, 1.54) is 12.1 Å². The molecule has 0 saturated heterocycles. The molecule has 0 bridgehead atoms. The standard InChI is InChI=1S/C29H40FN3O2/c1-6-7-9-25-26(22-12-14-23(30)15-13-22)32-33(24-16-10-21(2)11-17-24)29(25,5)27(35)31-19-8-18-28(3,4)20-34/h10-17,25,34H,6-9,18-20H2,1-5H3,(H,31,35). The van der Waals surface area contributed by atoms with E-state index in [0.29, 0.717) is 6.54 Å². The summed E-state index contributed by atoms with van der Waals surface area (Å²) >= 11 is 0. The summed E-state index contributed by atoms with van der Waals surface area (Å²) in [5, 5.41) is 19.6. The predicted octanol–water partition coefficient (Wildman–Crippen LogP) is 5.84. The molecule has 1 aliphatic rings. The van der Waals surface area contributed by atoms with E-state index in [-0.39, 0.29) is 29.7 Å². The first kappa shape index (κ1) is 26.9. The van der Waals surface area contributed by atoms with Crippen molar-refractivity contribution in [3.05, 3.63) is 65.5 Å². The normalized spacial score (nSPS) is 20.1. The van der Waals surface area contributed by atoms with Crippen molar-refractivity contribution in [2.45, 2.75) is 72.3 Å². The topological polar surface area (TPSA) is 64.9 Å². The molecular weight excluding hydrogens is 441 g/mol. The maximum absolute atomic E-state index is 13.9. The number of amides is 1. The van der Waals surface area contributed by atoms with Crippen molar-refractivity contribution < 1.29 is 14.3 Å². The Morgan fingerprint density at radius 1 is 1.14 bits per heavy atom. The molecule has 6 heteroatoms. The Hall–Kier alpha value is -2.73. The van der Waals surface area contributed by atoms with Crippen LogP contribution in [0.1, 0.15) is 70.9 Å². The molecule has 1 amide bonds. The molecule has 3 rings (SSSR count). The lowest BCUT2D eigenvalue weighted by atomic mass is 9.77. The van der Waals surface area contributed by atoms with Gasteiger partial charge in [0.1, 0.15) is 11.4 Å². The highest BCUT2D eigenvalue weighted by Gasteiger charge is 2.53. The second-order valence-corrected chi connectivity index (χ2v) is 10.7. The SMILES string of the molecule is CCCCC1C(c2ccc(F)cc2)=NN(c2ccc(C)cc2)C1(C)C(=O)NCCCC(C)(C)CO. The molecule has 35 heavy (non-hydrogen) atoms. The molecule has 0 saturated carbocycles. The monoisotopic (exact) mass is 481 g/mol. The lowest BCUT2D eigenvalue weighted by molar-refractivity contribution is -0.126. The zero-order chi connectivity index (χ0) is 25.6. The van der Waals surface area contributed by atoms with Crippen LogP contribution in [-0.4, -0.2) is 35.4 Å². The minimum absolute atomic E-state index is 0.0677. The number of hydrogen-bond donors (Lipinski definition) is 2. The smallest absolute Gasteiger partial charge is 0.248 e. The van der Waals surface area contributed by atoms with Crippen LogP contribution in [0.5, 0.6) is 0 Å². The summed E-state index contributed by atoms with van der Waals surface area (Å²) in [7, 11) is 0. The molecule has 0 radical (unpaired) electrons. The number of carbonyl (C=O) groups excluding carboxylic acids is 1. The minimum Gasteiger partial charge on any atom is -0.396 e. The quantitative estimate of drug-likeness (QED) is 0.396. The van der Waals surface area contributed by atoms with Crippen molar-refractivity contribution in [1.82, 2.24) is 5.32 Å². The zero-order valence-electron chi connectivity index (χ0n) is 21.8. The average molecular weight is 482 g/mol. The molecule has 2 aromatic rings. The average Bonchev–Trinajstić information content (AvgIpc) is 3.14. The van der Waals surface area contributed by atoms with Crippen LogP contribution in [0.15, 0.2) is 53.6 Å². The summed E-state index contributed by atoms with van der Waals surface area (Å²) in [6.07, 6.45) is 4.37. The van der Waals surface area contributed by atoms with Gasteiger partial charge >= 0.3 is 0 Å². The Labute approximate surface area is 209 Å². The second-order valence-electron chi connectivity index (χ2n) is 10.7. The summed E-state index contributed by atoms with van der Waals surface area (Å²) in [5.41, 5.74) is 2.55. The van der Waals surface area contributed by atoms with Crippen molar-refractivity contribution in [2.24, 2.45) is 16.4 Å². The number of aliphatic hydroxyl groups is 1. The Morgan fingerprint density at radius 2 is 1.80 bits per heavy atom. The van der Waals surface area contributed by atoms with Crippen LogP contribution >= 0.6 is 0 Å². The largest absolute Gasteiger partial charge is 0.396 e. The van der Waals surface area contributed by atoms with Crippen LogP contribution in [0.3, 0.4) is 0 Å². The first-order valence-electron chi connectivity index (χ1n) is 12.7. The van der Waals surface area contributed by atoms with Gasteiger partial charge in [-0.05, 0) is 68.4 Å². The first-order chi connectivity index (χ1) is 16.6. The Morgan fingerprint density at radius 3 is 2.40 bits per heavy atom. The Kier molecular flexibility index (Phi) is 8.70. The van der Waals surface area contributed by atoms with E-state index < -0.39 is 5.54 Å². The van der Waals surface area contributed by atoms with Crippen LogP contribution in [0.4, 0.5) is 10.1 Å². The van der Waals surface area contributed by atoms with Gasteiger partial charge in [0, 0.05) is 19.1 Å². The molecule has 1 aliphatic heterocycles. The van der Waals surface area contributed by atoms with Gasteiger partial charge in [-0.25, -0.2) is 9.40 Å². The number of hydrazone groups is 1. The van der Waals surface area contributed by atoms with Gasteiger partial charge in [0.05, 0.1) is 11.4 Å². The van der Waals surface area contributed by atoms with E-state index in [2.05, 4.69) is 12.2 Å². The minimum atomic E-state index is -0.930. The van der Waals surface area contributed by atoms with Crippen molar-refractivity contribution in [3.63, 3.8) is 0 Å². The summed E-state index contributed by atoms with van der Waals surface area (Å²) in [4.78, 5) is 13.9. The van der Waals surface area contributed by atoms with Gasteiger partial charge < -0.3 is 10.4 Å². The molecule has 2 aromatic carbocycles. The zero-order valence-corrected chi connectivity index (χ0v) is 21.8. The Balaban J connectivity index is 1.96. The maximum atomic E-state index is 13.9. The molecule has 0 spiro atoms. The number of benzene rings is 2. The van der Waals surface area contributed by atoms with Crippen molar-refractivity contribution in [3.8, 4) is 0 Å². The van der Waals surface area contributed by atoms with E-state index in [1.54, 1.807) is 12.1 Å². The molecule has 190 valence electrons. The predicted molar refractivity (Wildman–Crippen MR) is 141 cm³/mol. The number of rotatable bonds is 11. The van der Waals surface area contributed by atoms with Gasteiger partial charge in [-0.1, -0.05) is 63.4 Å². The molecule has 2 atom stereocenters. The Bertz CT molecular complexity index is 1020. The molecule has 5 nitrogen and oxygen atoms in total. The molecule has 2 N–H and O–H groups in total. The van der Waals surface area contributed by atoms with Gasteiger partial charge in [-0.3, -0.25) is 4.79 Å². The third kappa shape index (κ3) is 6.10. The van der Waals surface area contributed by atoms with Crippen LogP contribution in [-0.2, 0) is 4.79 Å². The van der Waals surface area contributed by atoms with E-state index >= 15 is 0 Å². The highest BCUT2D eigenvalue weighted by atomic mass is 19.1. The second kappa shape index (κ2) is 11.3. The van der Waals surface area contributed by atoms with Gasteiger partial charge in [-0.2, -0.15) is 5.10 Å². The third-order valence-corrected chi connectivity index (χ3v) is 7.12. The lowest BCUT2D eigenvalue weighted by Gasteiger charge is -2.38. The lowest BCUT2D eigenvalue weighted by Crippen LogP contribution is -2.58. The number of nitrogens with one attached hydrogen (secondary N) is 1. The van der Waals surface area contributed by atoms with E-state index in [1.807, 2.05) is 57.0 Å². The highest BCUT2D eigenvalue weighted by molar-refractivity contribution is 6.10. The van der Waals surface area contributed by atoms with E-state index in [9.17, 15) is 14.3 Å². The van der Waals surface area contributed by atoms with Crippen molar-refractivity contribution in [2.75, 3.05) is 18.2 Å². The molecule has 2 unspecified atom stereocenters. The van der Waals surface area contributed by atoms with E-state index in [0.717, 1.165) is 54.6 Å². The fourth-order valence-electron chi connectivity index (χ4n) is 4.69. The van der Waals surface area contributed by atoms with Gasteiger partial charge in [0.25, 0.3) is 0 Å². The summed E-state index contributed by atoms with van der Waals surface area (Å²) < 4.78 is 13.7.